The molecule has 0 aliphatic carbocycles. The highest BCUT2D eigenvalue weighted by molar-refractivity contribution is 7.89. The van der Waals surface area contributed by atoms with Crippen molar-refractivity contribution >= 4 is 20.0 Å². The molecule has 4 N–H and O–H groups in total. The number of aromatic nitrogens is 2. The van der Waals surface area contributed by atoms with Crippen LogP contribution in [0.4, 0.5) is 8.78 Å². The maximum Gasteiger partial charge on any atom is 0.282 e. The first-order chi connectivity index (χ1) is 16.4. The number of nitrogens with zero attached hydrogens (tertiary/aromatic N) is 2. The van der Waals surface area contributed by atoms with Gasteiger partial charge in [-0.2, -0.15) is 5.10 Å². The Morgan fingerprint density at radius 1 is 0.800 bits per heavy atom. The van der Waals surface area contributed by atoms with Gasteiger partial charge in [-0.15, -0.1) is 0 Å². The van der Waals surface area contributed by atoms with E-state index in [2.05, 4.69) is 5.10 Å². The van der Waals surface area contributed by atoms with E-state index in [4.69, 9.17) is 10.3 Å². The normalized spacial score (nSPS) is 11.7. The monoisotopic (exact) mass is 520 g/mol. The fraction of sp³-hybridized carbons (Fsp3) is 0.0870. The second-order valence-corrected chi connectivity index (χ2v) is 10.5. The van der Waals surface area contributed by atoms with Crippen LogP contribution in [0.5, 0.6) is 0 Å². The molecular weight excluding hydrogens is 498 g/mol. The molecule has 0 amide bonds. The lowest BCUT2D eigenvalue weighted by Gasteiger charge is -2.11. The molecular formula is C23H22F2N4O4S2. The molecule has 35 heavy (non-hydrogen) atoms. The molecule has 0 spiro atoms. The molecule has 12 heteroatoms. The van der Waals surface area contributed by atoms with Crippen LogP contribution in [0, 0.1) is 6.92 Å². The average molecular weight is 521 g/mol. The number of primary sulfonamides is 2. The van der Waals surface area contributed by atoms with Gasteiger partial charge in [-0.3, -0.25) is 0 Å². The fourth-order valence-corrected chi connectivity index (χ4v) is 4.35. The van der Waals surface area contributed by atoms with Crippen LogP contribution < -0.4 is 10.3 Å². The summed E-state index contributed by atoms with van der Waals surface area (Å²) < 4.78 is 72.4. The van der Waals surface area contributed by atoms with Crippen molar-refractivity contribution in [3.63, 3.8) is 0 Å². The van der Waals surface area contributed by atoms with E-state index >= 15 is 0 Å². The highest BCUT2D eigenvalue weighted by Gasteiger charge is 2.22. The lowest BCUT2D eigenvalue weighted by Crippen LogP contribution is -2.16. The number of benzene rings is 3. The van der Waals surface area contributed by atoms with Crippen molar-refractivity contribution in [2.24, 2.45) is 10.3 Å². The Morgan fingerprint density at radius 2 is 1.37 bits per heavy atom. The molecule has 0 unspecified atom stereocenters. The van der Waals surface area contributed by atoms with E-state index in [9.17, 15) is 25.6 Å². The van der Waals surface area contributed by atoms with Crippen LogP contribution in [-0.4, -0.2) is 26.6 Å². The van der Waals surface area contributed by atoms with E-state index in [0.717, 1.165) is 5.56 Å². The topological polar surface area (TPSA) is 138 Å². The van der Waals surface area contributed by atoms with E-state index in [1.807, 2.05) is 19.1 Å². The number of halogens is 2. The maximum atomic E-state index is 13.2. The number of rotatable bonds is 5. The zero-order chi connectivity index (χ0) is 25.8. The molecule has 0 radical (unpaired) electrons. The minimum absolute atomic E-state index is 0.118. The maximum absolute atomic E-state index is 13.2. The largest absolute Gasteiger partial charge is 0.282 e. The quantitative estimate of drug-likeness (QED) is 0.413. The summed E-state index contributed by atoms with van der Waals surface area (Å²) in [5.41, 5.74) is 1.67. The van der Waals surface area contributed by atoms with Crippen molar-refractivity contribution in [3.8, 4) is 16.9 Å². The van der Waals surface area contributed by atoms with Gasteiger partial charge in [-0.1, -0.05) is 60.2 Å². The lowest BCUT2D eigenvalue weighted by molar-refractivity contribution is 0.145. The Labute approximate surface area is 201 Å². The van der Waals surface area contributed by atoms with Gasteiger partial charge in [0.25, 0.3) is 6.43 Å². The van der Waals surface area contributed by atoms with Crippen LogP contribution in [0.1, 0.15) is 17.7 Å². The molecule has 1 aromatic heterocycles. The summed E-state index contributed by atoms with van der Waals surface area (Å²) in [5.74, 6) is 0. The standard InChI is InChI=1S/C17H15F2N3O2S.C6H7NO2S/c1-11-6-8-12(9-7-11)15-10-13(17(18)19)21-22(15)14-4-2-3-5-16(14)25(20,23)24;7-10(8,9)6-4-2-1-3-5-6/h2-10,17H,1H3,(H2,20,23,24);1-5H,(H2,7,8,9). The van der Waals surface area contributed by atoms with Crippen LogP contribution >= 0.6 is 0 Å². The second kappa shape index (κ2) is 10.4. The first-order valence-electron chi connectivity index (χ1n) is 10.0. The fourth-order valence-electron chi connectivity index (χ4n) is 3.10. The molecule has 0 atom stereocenters. The van der Waals surface area contributed by atoms with Crippen LogP contribution in [-0.2, 0) is 20.0 Å². The summed E-state index contributed by atoms with van der Waals surface area (Å²) in [4.78, 5) is -0.0396. The van der Waals surface area contributed by atoms with Crippen LogP contribution in [0.2, 0.25) is 0 Å². The van der Waals surface area contributed by atoms with Crippen molar-refractivity contribution in [3.05, 3.63) is 96.2 Å². The second-order valence-electron chi connectivity index (χ2n) is 7.40. The van der Waals surface area contributed by atoms with Gasteiger partial charge in [0, 0.05) is 5.56 Å². The van der Waals surface area contributed by atoms with Crippen LogP contribution in [0.3, 0.4) is 0 Å². The third-order valence-corrected chi connectivity index (χ3v) is 6.66. The van der Waals surface area contributed by atoms with Gasteiger partial charge in [0.2, 0.25) is 20.0 Å². The van der Waals surface area contributed by atoms with Crippen molar-refractivity contribution < 1.29 is 25.6 Å². The van der Waals surface area contributed by atoms with E-state index in [-0.39, 0.29) is 15.5 Å². The van der Waals surface area contributed by atoms with E-state index in [0.29, 0.717) is 11.3 Å². The van der Waals surface area contributed by atoms with E-state index < -0.39 is 32.2 Å². The Kier molecular flexibility index (Phi) is 7.80. The molecule has 184 valence electrons. The zero-order valence-electron chi connectivity index (χ0n) is 18.4. The number of hydrogen-bond donors (Lipinski definition) is 2. The minimum Gasteiger partial charge on any atom is -0.231 e. The van der Waals surface area contributed by atoms with Gasteiger partial charge < -0.3 is 0 Å². The molecule has 3 aromatic carbocycles. The molecule has 4 aromatic rings. The van der Waals surface area contributed by atoms with Gasteiger partial charge in [0.1, 0.15) is 10.6 Å². The number of alkyl halides is 2. The Hall–Kier alpha value is -3.45. The summed E-state index contributed by atoms with van der Waals surface area (Å²) in [6, 6.07) is 22.2. The predicted molar refractivity (Wildman–Crippen MR) is 128 cm³/mol. The van der Waals surface area contributed by atoms with Gasteiger partial charge in [0.15, 0.2) is 0 Å². The molecule has 1 heterocycles. The Balaban J connectivity index is 0.000000287. The molecule has 4 rings (SSSR count). The lowest BCUT2D eigenvalue weighted by atomic mass is 10.1. The molecule has 0 bridgehead atoms. The first-order valence-corrected chi connectivity index (χ1v) is 13.1. The number of hydrogen-bond acceptors (Lipinski definition) is 5. The average Bonchev–Trinajstić information content (AvgIpc) is 3.25. The smallest absolute Gasteiger partial charge is 0.231 e. The van der Waals surface area contributed by atoms with Gasteiger partial charge in [0.05, 0.1) is 16.3 Å². The summed E-state index contributed by atoms with van der Waals surface area (Å²) >= 11 is 0. The van der Waals surface area contributed by atoms with Gasteiger partial charge in [-0.25, -0.2) is 40.6 Å². The number of nitrogens with two attached hydrogens (primary N) is 2. The number of para-hydroxylation sites is 1. The van der Waals surface area contributed by atoms with Crippen LogP contribution in [0.15, 0.2) is 94.7 Å². The molecule has 0 saturated heterocycles. The van der Waals surface area contributed by atoms with E-state index in [1.54, 1.807) is 36.4 Å². The van der Waals surface area contributed by atoms with Gasteiger partial charge in [-0.05, 0) is 37.3 Å². The number of aryl methyl sites for hydroxylation is 1. The SMILES string of the molecule is Cc1ccc(-c2cc(C(F)F)nn2-c2ccccc2S(N)(=O)=O)cc1.NS(=O)(=O)c1ccccc1. The predicted octanol–water partition coefficient (Wildman–Crippen LogP) is 3.77. The van der Waals surface area contributed by atoms with Crippen molar-refractivity contribution in [1.82, 2.24) is 9.78 Å². The first kappa shape index (κ1) is 26.2. The van der Waals surface area contributed by atoms with E-state index in [1.165, 1.54) is 41.1 Å². The third-order valence-electron chi connectivity index (χ3n) is 4.77. The Morgan fingerprint density at radius 3 is 1.89 bits per heavy atom. The third kappa shape index (κ3) is 6.57. The van der Waals surface area contributed by atoms with Crippen LogP contribution in [0.25, 0.3) is 16.9 Å². The number of sulfonamides is 2. The molecule has 0 aliphatic heterocycles. The van der Waals surface area contributed by atoms with Crippen molar-refractivity contribution in [2.75, 3.05) is 0 Å². The van der Waals surface area contributed by atoms with Crippen molar-refractivity contribution in [1.29, 1.82) is 0 Å². The Bertz CT molecular complexity index is 1520. The van der Waals surface area contributed by atoms with Gasteiger partial charge >= 0.3 is 0 Å². The summed E-state index contributed by atoms with van der Waals surface area (Å²) in [5, 5.41) is 14.0. The summed E-state index contributed by atoms with van der Waals surface area (Å²) in [7, 11) is -7.55. The summed E-state index contributed by atoms with van der Waals surface area (Å²) in [6.07, 6.45) is -2.79. The molecule has 0 aliphatic rings. The summed E-state index contributed by atoms with van der Waals surface area (Å²) in [6.45, 7) is 1.90. The molecule has 8 nitrogen and oxygen atoms in total. The zero-order valence-corrected chi connectivity index (χ0v) is 20.0. The minimum atomic E-state index is -4.05. The molecule has 0 fully saturated rings. The molecule has 0 saturated carbocycles. The van der Waals surface area contributed by atoms with Crippen molar-refractivity contribution in [2.45, 2.75) is 23.1 Å². The highest BCUT2D eigenvalue weighted by atomic mass is 32.2. The highest BCUT2D eigenvalue weighted by Crippen LogP contribution is 2.30.